The van der Waals surface area contributed by atoms with Crippen molar-refractivity contribution in [1.82, 2.24) is 0 Å². The van der Waals surface area contributed by atoms with Crippen LogP contribution in [0, 0.1) is 14.9 Å². The van der Waals surface area contributed by atoms with Crippen LogP contribution in [0.25, 0.3) is 43.8 Å². The number of rotatable bonds is 14. The fourth-order valence-corrected chi connectivity index (χ4v) is 7.67. The molecule has 0 atom stereocenters. The number of carbonyl (C=O) groups is 1. The standard InChI is InChI=1S/C50H40IN3O3/c1-2-56-30-10-4-3-5-11-35-16-19-39(20-17-35)44-29-25-41(50(55)57-43-26-23-40(24-27-43)45-28-18-36(33-52)31-48(45)51)32-42(44)34-53-54-49-46-14-8-6-12-37(46)21-22-38-13-7-9-15-47(38)49/h2,6-9,12-29,31-32,34H,1,3-5,10-11,30H2/b53-34+. The fraction of sp³-hybridized carbons (Fsp3) is 0.120. The van der Waals surface area contributed by atoms with Gasteiger partial charge in [-0.2, -0.15) is 10.4 Å². The van der Waals surface area contributed by atoms with Crippen LogP contribution in [-0.2, 0) is 11.2 Å². The van der Waals surface area contributed by atoms with Gasteiger partial charge in [0.2, 0.25) is 0 Å². The van der Waals surface area contributed by atoms with Crippen molar-refractivity contribution < 1.29 is 14.3 Å². The number of hydrogen-bond acceptors (Lipinski definition) is 6. The first-order valence-corrected chi connectivity index (χ1v) is 20.0. The average Bonchev–Trinajstić information content (AvgIpc) is 3.40. The number of nitriles is 1. The third kappa shape index (κ3) is 9.72. The summed E-state index contributed by atoms with van der Waals surface area (Å²) in [6, 6.07) is 49.9. The van der Waals surface area contributed by atoms with Gasteiger partial charge in [0.05, 0.1) is 36.3 Å². The molecular formula is C50H40IN3O3. The summed E-state index contributed by atoms with van der Waals surface area (Å²) in [6.45, 7) is 4.32. The number of esters is 1. The number of nitrogens with zero attached hydrogens (tertiary/aromatic N) is 3. The first-order chi connectivity index (χ1) is 28.0. The highest BCUT2D eigenvalue weighted by Crippen LogP contribution is 2.29. The maximum Gasteiger partial charge on any atom is 0.343 e. The lowest BCUT2D eigenvalue weighted by atomic mass is 9.96. The maximum atomic E-state index is 13.6. The van der Waals surface area contributed by atoms with E-state index in [0.29, 0.717) is 16.9 Å². The molecule has 57 heavy (non-hydrogen) atoms. The van der Waals surface area contributed by atoms with Crippen molar-refractivity contribution >= 4 is 56.3 Å². The van der Waals surface area contributed by atoms with Gasteiger partial charge in [0, 0.05) is 19.9 Å². The molecule has 0 unspecified atom stereocenters. The normalized spacial score (nSPS) is 11.0. The van der Waals surface area contributed by atoms with Gasteiger partial charge >= 0.3 is 5.97 Å². The fourth-order valence-electron chi connectivity index (χ4n) is 6.85. The van der Waals surface area contributed by atoms with Crippen molar-refractivity contribution in [3.05, 3.63) is 190 Å². The highest BCUT2D eigenvalue weighted by atomic mass is 127. The van der Waals surface area contributed by atoms with E-state index in [9.17, 15) is 10.1 Å². The van der Waals surface area contributed by atoms with Crippen molar-refractivity contribution in [1.29, 1.82) is 5.26 Å². The Bertz CT molecular complexity index is 2640. The van der Waals surface area contributed by atoms with E-state index in [0.717, 1.165) is 97.0 Å². The first-order valence-electron chi connectivity index (χ1n) is 19.0. The molecule has 0 spiro atoms. The summed E-state index contributed by atoms with van der Waals surface area (Å²) >= 11 is 2.23. The van der Waals surface area contributed by atoms with Crippen LogP contribution in [0.2, 0.25) is 0 Å². The number of halogens is 1. The van der Waals surface area contributed by atoms with Crippen LogP contribution in [0.5, 0.6) is 5.75 Å². The minimum Gasteiger partial charge on any atom is -0.502 e. The number of carbonyl (C=O) groups excluding carboxylic acids is 1. The van der Waals surface area contributed by atoms with Crippen LogP contribution in [0.15, 0.2) is 169 Å². The first kappa shape index (κ1) is 38.9. The summed E-state index contributed by atoms with van der Waals surface area (Å²) in [7, 11) is 0. The highest BCUT2D eigenvalue weighted by Gasteiger charge is 2.14. The lowest BCUT2D eigenvalue weighted by molar-refractivity contribution is 0.0734. The molecule has 7 aromatic carbocycles. The summed E-state index contributed by atoms with van der Waals surface area (Å²) in [5.41, 5.74) is 6.92. The summed E-state index contributed by atoms with van der Waals surface area (Å²) in [5, 5.41) is 23.6. The Hall–Kier alpha value is -6.37. The van der Waals surface area contributed by atoms with E-state index in [2.05, 4.69) is 101 Å². The lowest BCUT2D eigenvalue weighted by Gasteiger charge is -2.11. The molecule has 0 radical (unpaired) electrons. The zero-order valence-electron chi connectivity index (χ0n) is 31.4. The van der Waals surface area contributed by atoms with E-state index in [4.69, 9.17) is 14.6 Å². The van der Waals surface area contributed by atoms with Gasteiger partial charge < -0.3 is 9.47 Å². The second-order valence-corrected chi connectivity index (χ2v) is 14.8. The third-order valence-electron chi connectivity index (χ3n) is 9.85. The average molecular weight is 858 g/mol. The molecule has 0 saturated carbocycles. The van der Waals surface area contributed by atoms with Crippen molar-refractivity contribution in [2.75, 3.05) is 6.61 Å². The van der Waals surface area contributed by atoms with Gasteiger partial charge in [-0.25, -0.2) is 4.79 Å². The zero-order valence-corrected chi connectivity index (χ0v) is 33.6. The SMILES string of the molecule is C=COCCCCCCc1ccc(-c2ccc(C(=O)Oc3ccc(-c4ccc(C#N)cc4I)cc3)cc2/C=N/N=c2c3ccccc3ccc3ccccc23)cc1. The smallest absolute Gasteiger partial charge is 0.343 e. The topological polar surface area (TPSA) is 84.0 Å². The predicted octanol–water partition coefficient (Wildman–Crippen LogP) is 12.2. The van der Waals surface area contributed by atoms with E-state index in [-0.39, 0.29) is 0 Å². The van der Waals surface area contributed by atoms with Crippen LogP contribution in [0.1, 0.15) is 52.7 Å². The lowest BCUT2D eigenvalue weighted by Crippen LogP contribution is -2.09. The van der Waals surface area contributed by atoms with Gasteiger partial charge in [-0.1, -0.05) is 129 Å². The second kappa shape index (κ2) is 19.0. The third-order valence-corrected chi connectivity index (χ3v) is 10.7. The maximum absolute atomic E-state index is 13.6. The van der Waals surface area contributed by atoms with Gasteiger partial charge in [-0.15, -0.1) is 5.10 Å². The monoisotopic (exact) mass is 857 g/mol. The van der Waals surface area contributed by atoms with Gasteiger partial charge in [0.25, 0.3) is 0 Å². The molecule has 0 aliphatic rings. The molecule has 0 aliphatic carbocycles. The molecule has 0 fully saturated rings. The quantitative estimate of drug-likeness (QED) is 0.0207. The van der Waals surface area contributed by atoms with Crippen molar-refractivity contribution in [2.24, 2.45) is 10.2 Å². The van der Waals surface area contributed by atoms with E-state index >= 15 is 0 Å². The molecule has 0 bridgehead atoms. The molecular weight excluding hydrogens is 817 g/mol. The van der Waals surface area contributed by atoms with Crippen LogP contribution in [0.4, 0.5) is 0 Å². The van der Waals surface area contributed by atoms with Crippen LogP contribution in [-0.4, -0.2) is 18.8 Å². The van der Waals surface area contributed by atoms with Gasteiger partial charge in [0.1, 0.15) is 11.1 Å². The number of benzene rings is 6. The summed E-state index contributed by atoms with van der Waals surface area (Å²) < 4.78 is 12.1. The summed E-state index contributed by atoms with van der Waals surface area (Å²) in [5.74, 6) is -0.0506. The molecule has 7 aromatic rings. The molecule has 0 N–H and O–H groups in total. The van der Waals surface area contributed by atoms with Gasteiger partial charge in [-0.05, 0) is 117 Å². The molecule has 0 aliphatic heterocycles. The van der Waals surface area contributed by atoms with Crippen molar-refractivity contribution in [2.45, 2.75) is 32.1 Å². The Kier molecular flexibility index (Phi) is 13.0. The molecule has 0 heterocycles. The Morgan fingerprint density at radius 3 is 2.05 bits per heavy atom. The van der Waals surface area contributed by atoms with Crippen molar-refractivity contribution in [3.8, 4) is 34.1 Å². The number of aryl methyl sites for hydroxylation is 1. The van der Waals surface area contributed by atoms with E-state index in [1.807, 2.05) is 60.7 Å². The van der Waals surface area contributed by atoms with E-state index < -0.39 is 5.97 Å². The van der Waals surface area contributed by atoms with E-state index in [1.165, 1.54) is 11.8 Å². The number of unbranched alkanes of at least 4 members (excludes halogenated alkanes) is 3. The molecule has 0 saturated heterocycles. The van der Waals surface area contributed by atoms with Crippen molar-refractivity contribution in [3.63, 3.8) is 0 Å². The minimum atomic E-state index is -0.479. The van der Waals surface area contributed by atoms with E-state index in [1.54, 1.807) is 30.5 Å². The Labute approximate surface area is 346 Å². The van der Waals surface area contributed by atoms with Gasteiger partial charge in [0.15, 0.2) is 0 Å². The second-order valence-electron chi connectivity index (χ2n) is 13.6. The summed E-state index contributed by atoms with van der Waals surface area (Å²) in [6.07, 6.45) is 8.65. The Balaban J connectivity index is 1.18. The zero-order chi connectivity index (χ0) is 39.4. The number of fused-ring (bicyclic) bond motifs is 2. The Morgan fingerprint density at radius 1 is 0.719 bits per heavy atom. The largest absolute Gasteiger partial charge is 0.502 e. The molecule has 280 valence electrons. The predicted molar refractivity (Wildman–Crippen MR) is 239 cm³/mol. The molecule has 0 amide bonds. The molecule has 7 heteroatoms. The number of ether oxygens (including phenoxy) is 2. The van der Waals surface area contributed by atoms with Crippen LogP contribution < -0.4 is 10.1 Å². The summed E-state index contributed by atoms with van der Waals surface area (Å²) in [4.78, 5) is 13.6. The Morgan fingerprint density at radius 2 is 1.37 bits per heavy atom. The minimum absolute atomic E-state index is 0.392. The van der Waals surface area contributed by atoms with Crippen LogP contribution >= 0.6 is 22.6 Å². The highest BCUT2D eigenvalue weighted by molar-refractivity contribution is 14.1. The van der Waals surface area contributed by atoms with Crippen LogP contribution in [0.3, 0.4) is 0 Å². The molecule has 7 rings (SSSR count). The molecule has 0 aromatic heterocycles. The molecule has 6 nitrogen and oxygen atoms in total. The number of hydrogen-bond donors (Lipinski definition) is 0. The van der Waals surface area contributed by atoms with Gasteiger partial charge in [-0.3, -0.25) is 0 Å².